The van der Waals surface area contributed by atoms with Crippen molar-refractivity contribution in [2.45, 2.75) is 6.92 Å². The number of hydrogen-bond acceptors (Lipinski definition) is 4. The Morgan fingerprint density at radius 1 is 1.18 bits per heavy atom. The number of hydrogen-bond donors (Lipinski definition) is 0. The van der Waals surface area contributed by atoms with Gasteiger partial charge in [0.2, 0.25) is 0 Å². The number of sulfone groups is 2. The first-order chi connectivity index (χ1) is 4.83. The van der Waals surface area contributed by atoms with Crippen LogP contribution in [0.2, 0.25) is 0 Å². The molecular formula is C5H8O4S2. The molecule has 0 unspecified atom stereocenters. The summed E-state index contributed by atoms with van der Waals surface area (Å²) in [7, 11) is -6.49. The van der Waals surface area contributed by atoms with Gasteiger partial charge in [0.1, 0.15) is 0 Å². The van der Waals surface area contributed by atoms with Gasteiger partial charge in [-0.15, -0.1) is 0 Å². The van der Waals surface area contributed by atoms with Crippen molar-refractivity contribution in [2.75, 3.05) is 11.5 Å². The number of rotatable bonds is 0. The van der Waals surface area contributed by atoms with Crippen molar-refractivity contribution in [1.29, 1.82) is 0 Å². The van der Waals surface area contributed by atoms with Gasteiger partial charge in [-0.1, -0.05) is 0 Å². The van der Waals surface area contributed by atoms with Gasteiger partial charge in [0, 0.05) is 5.41 Å². The summed E-state index contributed by atoms with van der Waals surface area (Å²) in [6.45, 7) is 1.30. The highest BCUT2D eigenvalue weighted by Crippen LogP contribution is 2.15. The molecule has 1 aliphatic heterocycles. The molecule has 64 valence electrons. The van der Waals surface area contributed by atoms with E-state index in [4.69, 9.17) is 0 Å². The highest BCUT2D eigenvalue weighted by atomic mass is 32.2. The van der Waals surface area contributed by atoms with Crippen molar-refractivity contribution >= 4 is 19.7 Å². The Bertz CT molecular complexity index is 384. The summed E-state index contributed by atoms with van der Waals surface area (Å²) in [5.41, 5.74) is 0. The molecule has 0 N–H and O–H groups in total. The third kappa shape index (κ3) is 1.81. The largest absolute Gasteiger partial charge is 0.224 e. The van der Waals surface area contributed by atoms with Crippen LogP contribution in [0.3, 0.4) is 0 Å². The molecule has 0 saturated heterocycles. The van der Waals surface area contributed by atoms with Crippen molar-refractivity contribution in [1.82, 2.24) is 0 Å². The zero-order valence-corrected chi connectivity index (χ0v) is 7.57. The highest BCUT2D eigenvalue weighted by Gasteiger charge is 2.25. The monoisotopic (exact) mass is 196 g/mol. The molecule has 6 heteroatoms. The Kier molecular flexibility index (Phi) is 1.84. The molecule has 1 rings (SSSR count). The van der Waals surface area contributed by atoms with Crippen LogP contribution in [-0.2, 0) is 19.7 Å². The third-order valence-electron chi connectivity index (χ3n) is 1.47. The normalized spacial score (nSPS) is 27.5. The summed E-state index contributed by atoms with van der Waals surface area (Å²) >= 11 is 0. The summed E-state index contributed by atoms with van der Waals surface area (Å²) in [4.78, 5) is -0.0521. The smallest absolute Gasteiger partial charge is 0.175 e. The molecule has 0 aromatic carbocycles. The SMILES string of the molecule is CC1=CS(=O)(=O)CCS1(=O)=O. The first-order valence-corrected chi connectivity index (χ1v) is 6.34. The van der Waals surface area contributed by atoms with Gasteiger partial charge in [0.15, 0.2) is 19.7 Å². The molecule has 4 nitrogen and oxygen atoms in total. The van der Waals surface area contributed by atoms with Gasteiger partial charge in [-0.25, -0.2) is 16.8 Å². The minimum Gasteiger partial charge on any atom is -0.224 e. The minimum absolute atomic E-state index is 0.0521. The van der Waals surface area contributed by atoms with Crippen LogP contribution in [0.15, 0.2) is 10.3 Å². The maximum atomic E-state index is 10.9. The topological polar surface area (TPSA) is 68.3 Å². The lowest BCUT2D eigenvalue weighted by atomic mass is 10.7. The average Bonchev–Trinajstić information content (AvgIpc) is 1.81. The molecule has 0 spiro atoms. The average molecular weight is 196 g/mol. The Balaban J connectivity index is 3.31. The lowest BCUT2D eigenvalue weighted by Gasteiger charge is -2.09. The van der Waals surface area contributed by atoms with Gasteiger partial charge in [0.05, 0.1) is 16.4 Å². The minimum atomic E-state index is -3.25. The van der Waals surface area contributed by atoms with Gasteiger partial charge < -0.3 is 0 Å². The lowest BCUT2D eigenvalue weighted by Crippen LogP contribution is -2.22. The molecule has 0 atom stereocenters. The third-order valence-corrected chi connectivity index (χ3v) is 5.21. The van der Waals surface area contributed by atoms with Crippen LogP contribution in [0.4, 0.5) is 0 Å². The molecule has 0 aromatic rings. The molecule has 0 fully saturated rings. The van der Waals surface area contributed by atoms with Gasteiger partial charge in [-0.3, -0.25) is 0 Å². The van der Waals surface area contributed by atoms with E-state index < -0.39 is 19.7 Å². The second kappa shape index (κ2) is 2.31. The summed E-state index contributed by atoms with van der Waals surface area (Å²) < 4.78 is 43.5. The molecule has 0 bridgehead atoms. The van der Waals surface area contributed by atoms with E-state index in [1.54, 1.807) is 0 Å². The van der Waals surface area contributed by atoms with E-state index in [0.29, 0.717) is 0 Å². The van der Waals surface area contributed by atoms with Crippen LogP contribution in [0, 0.1) is 0 Å². The Hall–Kier alpha value is -0.360. The maximum absolute atomic E-state index is 10.9. The van der Waals surface area contributed by atoms with Crippen LogP contribution in [0.25, 0.3) is 0 Å². The van der Waals surface area contributed by atoms with Crippen molar-refractivity contribution in [2.24, 2.45) is 0 Å². The van der Waals surface area contributed by atoms with E-state index in [-0.39, 0.29) is 16.4 Å². The fraction of sp³-hybridized carbons (Fsp3) is 0.600. The van der Waals surface area contributed by atoms with Gasteiger partial charge >= 0.3 is 0 Å². The van der Waals surface area contributed by atoms with Crippen LogP contribution >= 0.6 is 0 Å². The predicted octanol–water partition coefficient (Wildman–Crippen LogP) is -0.309. The second-order valence-corrected chi connectivity index (χ2v) is 6.67. The Labute approximate surface area is 65.8 Å². The van der Waals surface area contributed by atoms with E-state index in [2.05, 4.69) is 0 Å². The van der Waals surface area contributed by atoms with Crippen molar-refractivity contribution in [3.05, 3.63) is 10.3 Å². The summed E-state index contributed by atoms with van der Waals surface area (Å²) in [5.74, 6) is -0.565. The van der Waals surface area contributed by atoms with Crippen molar-refractivity contribution < 1.29 is 16.8 Å². The molecule has 0 aliphatic carbocycles. The summed E-state index contributed by atoms with van der Waals surface area (Å²) in [5, 5.41) is 0.825. The summed E-state index contributed by atoms with van der Waals surface area (Å²) in [6.07, 6.45) is 0. The quantitative estimate of drug-likeness (QED) is 0.533. The molecule has 0 saturated carbocycles. The molecule has 1 aliphatic rings. The lowest BCUT2D eigenvalue weighted by molar-refractivity contribution is 0.592. The Morgan fingerprint density at radius 3 is 2.09 bits per heavy atom. The fourth-order valence-electron chi connectivity index (χ4n) is 0.772. The fourth-order valence-corrected chi connectivity index (χ4v) is 4.55. The number of allylic oxidation sites excluding steroid dienone is 1. The van der Waals surface area contributed by atoms with Gasteiger partial charge in [0.25, 0.3) is 0 Å². The predicted molar refractivity (Wildman–Crippen MR) is 41.3 cm³/mol. The maximum Gasteiger partial charge on any atom is 0.175 e. The van der Waals surface area contributed by atoms with Crippen LogP contribution in [0.5, 0.6) is 0 Å². The molecule has 11 heavy (non-hydrogen) atoms. The molecule has 0 amide bonds. The standard InChI is InChI=1S/C5H8O4S2/c1-5-4-10(6,7)2-3-11(5,8)9/h4H,2-3H2,1H3. The van der Waals surface area contributed by atoms with Crippen LogP contribution in [0.1, 0.15) is 6.92 Å². The van der Waals surface area contributed by atoms with Crippen molar-refractivity contribution in [3.8, 4) is 0 Å². The first kappa shape index (κ1) is 8.73. The van der Waals surface area contributed by atoms with E-state index in [1.165, 1.54) is 6.92 Å². The Morgan fingerprint density at radius 2 is 1.73 bits per heavy atom. The van der Waals surface area contributed by atoms with Gasteiger partial charge in [-0.2, -0.15) is 0 Å². The van der Waals surface area contributed by atoms with Crippen molar-refractivity contribution in [3.63, 3.8) is 0 Å². The molecule has 0 radical (unpaired) electrons. The zero-order chi connectivity index (χ0) is 8.70. The van der Waals surface area contributed by atoms with E-state index in [0.717, 1.165) is 5.41 Å². The second-order valence-electron chi connectivity index (χ2n) is 2.41. The van der Waals surface area contributed by atoms with Crippen LogP contribution < -0.4 is 0 Å². The zero-order valence-electron chi connectivity index (χ0n) is 5.94. The molecular weight excluding hydrogens is 188 g/mol. The van der Waals surface area contributed by atoms with Crippen LogP contribution in [-0.4, -0.2) is 28.3 Å². The first-order valence-electron chi connectivity index (χ1n) is 2.97. The molecule has 0 aromatic heterocycles. The van der Waals surface area contributed by atoms with E-state index in [1.807, 2.05) is 0 Å². The molecule has 1 heterocycles. The highest BCUT2D eigenvalue weighted by molar-refractivity contribution is 8.01. The van der Waals surface area contributed by atoms with E-state index in [9.17, 15) is 16.8 Å². The summed E-state index contributed by atoms with van der Waals surface area (Å²) in [6, 6.07) is 0. The van der Waals surface area contributed by atoms with Gasteiger partial charge in [-0.05, 0) is 6.92 Å². The van der Waals surface area contributed by atoms with E-state index >= 15 is 0 Å².